The van der Waals surface area contributed by atoms with Gasteiger partial charge in [-0.1, -0.05) is 13.8 Å². The number of amides is 1. The number of nitrogens with zero attached hydrogens (tertiary/aromatic N) is 4. The maximum Gasteiger partial charge on any atom is 0.255 e. The summed E-state index contributed by atoms with van der Waals surface area (Å²) in [5.41, 5.74) is 2.05. The van der Waals surface area contributed by atoms with E-state index in [1.807, 2.05) is 24.0 Å². The van der Waals surface area contributed by atoms with E-state index in [1.165, 1.54) is 0 Å². The molecule has 26 heavy (non-hydrogen) atoms. The van der Waals surface area contributed by atoms with Gasteiger partial charge in [-0.15, -0.1) is 10.2 Å². The number of hydrogen-bond acceptors (Lipinski definition) is 6. The van der Waals surface area contributed by atoms with Gasteiger partial charge in [0.2, 0.25) is 11.8 Å². The second-order valence-electron chi connectivity index (χ2n) is 7.70. The highest BCUT2D eigenvalue weighted by Crippen LogP contribution is 2.43. The minimum absolute atomic E-state index is 0.00955. The molecule has 0 aromatic carbocycles. The maximum atomic E-state index is 13.1. The van der Waals surface area contributed by atoms with E-state index in [4.69, 9.17) is 9.15 Å². The van der Waals surface area contributed by atoms with Crippen molar-refractivity contribution in [2.24, 2.45) is 5.92 Å². The third kappa shape index (κ3) is 2.61. The molecule has 7 nitrogen and oxygen atoms in total. The van der Waals surface area contributed by atoms with Crippen molar-refractivity contribution in [1.82, 2.24) is 20.1 Å². The summed E-state index contributed by atoms with van der Waals surface area (Å²) in [7, 11) is 0. The number of aromatic nitrogens is 3. The lowest BCUT2D eigenvalue weighted by molar-refractivity contribution is 0.0737. The lowest BCUT2D eigenvalue weighted by Crippen LogP contribution is -2.37. The van der Waals surface area contributed by atoms with Crippen LogP contribution in [0.5, 0.6) is 0 Å². The standard InChI is InChI=1S/C19H24N4O3/c1-11(2)16-6-5-15(12(3)20-16)17(24)23-7-14-8-25-10-19(14,9-23)18-22-21-13(4)26-18/h5-6,11,14H,7-10H2,1-4H3/t14-,19-/m0/s1. The molecular formula is C19H24N4O3. The minimum atomic E-state index is -0.393. The van der Waals surface area contributed by atoms with Gasteiger partial charge < -0.3 is 14.1 Å². The first kappa shape index (κ1) is 17.1. The average molecular weight is 356 g/mol. The van der Waals surface area contributed by atoms with Crippen LogP contribution in [-0.2, 0) is 10.2 Å². The quantitative estimate of drug-likeness (QED) is 0.839. The molecule has 0 radical (unpaired) electrons. The fourth-order valence-electron chi connectivity index (χ4n) is 3.99. The molecular weight excluding hydrogens is 332 g/mol. The molecule has 0 unspecified atom stereocenters. The first-order chi connectivity index (χ1) is 12.4. The van der Waals surface area contributed by atoms with Crippen LogP contribution in [-0.4, -0.2) is 52.3 Å². The number of likely N-dealkylation sites (tertiary alicyclic amines) is 1. The Kier molecular flexibility index (Phi) is 4.06. The van der Waals surface area contributed by atoms with Crippen LogP contribution < -0.4 is 0 Å². The Bertz CT molecular complexity index is 847. The van der Waals surface area contributed by atoms with Crippen molar-refractivity contribution >= 4 is 5.91 Å². The van der Waals surface area contributed by atoms with Gasteiger partial charge in [0.25, 0.3) is 5.91 Å². The van der Waals surface area contributed by atoms with E-state index in [9.17, 15) is 4.79 Å². The molecule has 2 fully saturated rings. The van der Waals surface area contributed by atoms with Crippen LogP contribution in [0, 0.1) is 19.8 Å². The lowest BCUT2D eigenvalue weighted by Gasteiger charge is -2.23. The molecule has 2 atom stereocenters. The van der Waals surface area contributed by atoms with E-state index in [1.54, 1.807) is 6.92 Å². The van der Waals surface area contributed by atoms with Crippen molar-refractivity contribution in [3.63, 3.8) is 0 Å². The summed E-state index contributed by atoms with van der Waals surface area (Å²) in [6.45, 7) is 10.1. The van der Waals surface area contributed by atoms with Crippen LogP contribution in [0.25, 0.3) is 0 Å². The predicted molar refractivity (Wildman–Crippen MR) is 94.0 cm³/mol. The molecule has 0 N–H and O–H groups in total. The van der Waals surface area contributed by atoms with Crippen molar-refractivity contribution in [2.75, 3.05) is 26.3 Å². The number of aryl methyl sites for hydroxylation is 2. The highest BCUT2D eigenvalue weighted by Gasteiger charge is 2.56. The number of hydrogen-bond donors (Lipinski definition) is 0. The largest absolute Gasteiger partial charge is 0.425 e. The van der Waals surface area contributed by atoms with Crippen LogP contribution in [0.4, 0.5) is 0 Å². The SMILES string of the molecule is Cc1nnc([C@@]23COC[C@@H]2CN(C(=O)c2ccc(C(C)C)nc2C)C3)o1. The number of rotatable bonds is 3. The number of carbonyl (C=O) groups is 1. The van der Waals surface area contributed by atoms with Crippen LogP contribution in [0.15, 0.2) is 16.5 Å². The van der Waals surface area contributed by atoms with Gasteiger partial charge in [-0.2, -0.15) is 0 Å². The summed E-state index contributed by atoms with van der Waals surface area (Å²) in [5, 5.41) is 8.20. The van der Waals surface area contributed by atoms with Gasteiger partial charge in [0.15, 0.2) is 0 Å². The van der Waals surface area contributed by atoms with E-state index in [0.29, 0.717) is 49.6 Å². The molecule has 0 saturated carbocycles. The summed E-state index contributed by atoms with van der Waals surface area (Å²) in [5.74, 6) is 1.64. The molecule has 7 heteroatoms. The van der Waals surface area contributed by atoms with Gasteiger partial charge in [-0.3, -0.25) is 9.78 Å². The molecule has 2 aliphatic rings. The van der Waals surface area contributed by atoms with Crippen molar-refractivity contribution < 1.29 is 13.9 Å². The second kappa shape index (κ2) is 6.16. The number of carbonyl (C=O) groups excluding carboxylic acids is 1. The third-order valence-electron chi connectivity index (χ3n) is 5.54. The fraction of sp³-hybridized carbons (Fsp3) is 0.579. The van der Waals surface area contributed by atoms with Crippen molar-refractivity contribution in [3.05, 3.63) is 40.9 Å². The molecule has 2 aromatic rings. The molecule has 0 spiro atoms. The zero-order valence-corrected chi connectivity index (χ0v) is 15.7. The Hall–Kier alpha value is -2.28. The Morgan fingerprint density at radius 3 is 2.77 bits per heavy atom. The summed E-state index contributed by atoms with van der Waals surface area (Å²) in [4.78, 5) is 19.6. The monoisotopic (exact) mass is 356 g/mol. The topological polar surface area (TPSA) is 81.4 Å². The Balaban J connectivity index is 1.61. The molecule has 0 bridgehead atoms. The summed E-state index contributed by atoms with van der Waals surface area (Å²) in [6, 6.07) is 3.84. The average Bonchev–Trinajstić information content (AvgIpc) is 3.27. The lowest BCUT2D eigenvalue weighted by atomic mass is 9.81. The van der Waals surface area contributed by atoms with Gasteiger partial charge in [-0.25, -0.2) is 0 Å². The second-order valence-corrected chi connectivity index (χ2v) is 7.70. The molecule has 2 saturated heterocycles. The van der Waals surface area contributed by atoms with Gasteiger partial charge >= 0.3 is 0 Å². The Morgan fingerprint density at radius 2 is 2.12 bits per heavy atom. The van der Waals surface area contributed by atoms with Crippen molar-refractivity contribution in [2.45, 2.75) is 39.0 Å². The summed E-state index contributed by atoms with van der Waals surface area (Å²) in [6.07, 6.45) is 0. The Labute approximate surface area is 152 Å². The number of fused-ring (bicyclic) bond motifs is 1. The number of ether oxygens (including phenoxy) is 1. The Morgan fingerprint density at radius 1 is 1.31 bits per heavy atom. The zero-order valence-electron chi connectivity index (χ0n) is 15.7. The minimum Gasteiger partial charge on any atom is -0.425 e. The van der Waals surface area contributed by atoms with Crippen LogP contribution >= 0.6 is 0 Å². The first-order valence-electron chi connectivity index (χ1n) is 9.06. The molecule has 0 aliphatic carbocycles. The predicted octanol–water partition coefficient (Wildman–Crippen LogP) is 2.25. The van der Waals surface area contributed by atoms with E-state index in [2.05, 4.69) is 29.0 Å². The van der Waals surface area contributed by atoms with E-state index < -0.39 is 5.41 Å². The third-order valence-corrected chi connectivity index (χ3v) is 5.54. The van der Waals surface area contributed by atoms with E-state index in [0.717, 1.165) is 11.4 Å². The maximum absolute atomic E-state index is 13.1. The summed E-state index contributed by atoms with van der Waals surface area (Å²) < 4.78 is 11.4. The fourth-order valence-corrected chi connectivity index (χ4v) is 3.99. The zero-order chi connectivity index (χ0) is 18.5. The number of pyridine rings is 1. The molecule has 1 amide bonds. The van der Waals surface area contributed by atoms with Crippen LogP contribution in [0.3, 0.4) is 0 Å². The van der Waals surface area contributed by atoms with Gasteiger partial charge in [-0.05, 0) is 25.0 Å². The van der Waals surface area contributed by atoms with Gasteiger partial charge in [0, 0.05) is 31.6 Å². The summed E-state index contributed by atoms with van der Waals surface area (Å²) >= 11 is 0. The first-order valence-corrected chi connectivity index (χ1v) is 9.06. The smallest absolute Gasteiger partial charge is 0.255 e. The highest BCUT2D eigenvalue weighted by atomic mass is 16.5. The molecule has 4 rings (SSSR count). The van der Waals surface area contributed by atoms with E-state index in [-0.39, 0.29) is 11.8 Å². The van der Waals surface area contributed by atoms with Crippen LogP contribution in [0.1, 0.15) is 53.3 Å². The molecule has 2 aliphatic heterocycles. The van der Waals surface area contributed by atoms with Gasteiger partial charge in [0.1, 0.15) is 0 Å². The molecule has 138 valence electrons. The molecule has 2 aromatic heterocycles. The van der Waals surface area contributed by atoms with E-state index >= 15 is 0 Å². The van der Waals surface area contributed by atoms with Gasteiger partial charge in [0.05, 0.1) is 29.9 Å². The normalized spacial score (nSPS) is 25.1. The van der Waals surface area contributed by atoms with Crippen LogP contribution in [0.2, 0.25) is 0 Å². The van der Waals surface area contributed by atoms with Crippen molar-refractivity contribution in [3.8, 4) is 0 Å². The molecule has 4 heterocycles. The van der Waals surface area contributed by atoms with Crippen molar-refractivity contribution in [1.29, 1.82) is 0 Å². The highest BCUT2D eigenvalue weighted by molar-refractivity contribution is 5.95.